The number of hydrogen-bond donors (Lipinski definition) is 2. The summed E-state index contributed by atoms with van der Waals surface area (Å²) in [6.45, 7) is 8.35. The first-order chi connectivity index (χ1) is 7.22. The van der Waals surface area contributed by atoms with Gasteiger partial charge in [-0.25, -0.2) is 9.97 Å². The van der Waals surface area contributed by atoms with Crippen molar-refractivity contribution in [3.63, 3.8) is 0 Å². The van der Waals surface area contributed by atoms with E-state index in [1.165, 1.54) is 0 Å². The van der Waals surface area contributed by atoms with Gasteiger partial charge in [-0.2, -0.15) is 0 Å². The van der Waals surface area contributed by atoms with Crippen molar-refractivity contribution >= 4 is 11.6 Å². The number of aromatic nitrogens is 2. The zero-order chi connectivity index (χ0) is 11.1. The summed E-state index contributed by atoms with van der Waals surface area (Å²) >= 11 is 0. The van der Waals surface area contributed by atoms with E-state index in [9.17, 15) is 0 Å². The fourth-order valence-electron chi connectivity index (χ4n) is 1.11. The summed E-state index contributed by atoms with van der Waals surface area (Å²) in [5, 5.41) is 6.50. The Hall–Kier alpha value is -1.32. The quantitative estimate of drug-likeness (QED) is 0.753. The van der Waals surface area contributed by atoms with Gasteiger partial charge in [-0.05, 0) is 12.3 Å². The Bertz CT molecular complexity index is 286. The lowest BCUT2D eigenvalue weighted by Gasteiger charge is -2.09. The molecule has 0 spiro atoms. The average molecular weight is 208 g/mol. The number of nitrogens with zero attached hydrogens (tertiary/aromatic N) is 2. The van der Waals surface area contributed by atoms with Gasteiger partial charge in [0.2, 0.25) is 0 Å². The highest BCUT2D eigenvalue weighted by molar-refractivity contribution is 5.46. The first-order valence-corrected chi connectivity index (χ1v) is 5.52. The third-order valence-corrected chi connectivity index (χ3v) is 1.91. The van der Waals surface area contributed by atoms with Crippen LogP contribution in [0, 0.1) is 5.92 Å². The van der Waals surface area contributed by atoms with E-state index in [0.717, 1.165) is 31.1 Å². The van der Waals surface area contributed by atoms with Gasteiger partial charge < -0.3 is 10.6 Å². The summed E-state index contributed by atoms with van der Waals surface area (Å²) in [7, 11) is 0. The van der Waals surface area contributed by atoms with Crippen LogP contribution in [0.25, 0.3) is 0 Å². The molecule has 0 fully saturated rings. The standard InChI is InChI=1S/C11H20N4/c1-4-5-12-10-6-11(15-8-14-10)13-7-9(2)3/h6,8-9H,4-5,7H2,1-3H3,(H2,12,13,14,15). The largest absolute Gasteiger partial charge is 0.370 e. The van der Waals surface area contributed by atoms with Crippen LogP contribution in [0.4, 0.5) is 11.6 Å². The zero-order valence-corrected chi connectivity index (χ0v) is 9.75. The molecule has 84 valence electrons. The van der Waals surface area contributed by atoms with Crippen molar-refractivity contribution in [1.82, 2.24) is 9.97 Å². The maximum atomic E-state index is 4.16. The molecule has 0 aliphatic heterocycles. The van der Waals surface area contributed by atoms with Crippen LogP contribution in [0.3, 0.4) is 0 Å². The van der Waals surface area contributed by atoms with Crippen molar-refractivity contribution in [2.45, 2.75) is 27.2 Å². The topological polar surface area (TPSA) is 49.8 Å². The molecule has 2 N–H and O–H groups in total. The Balaban J connectivity index is 2.50. The zero-order valence-electron chi connectivity index (χ0n) is 9.75. The summed E-state index contributed by atoms with van der Waals surface area (Å²) in [4.78, 5) is 8.30. The van der Waals surface area contributed by atoms with Gasteiger partial charge in [0.15, 0.2) is 0 Å². The second kappa shape index (κ2) is 6.22. The second-order valence-corrected chi connectivity index (χ2v) is 3.99. The molecule has 4 nitrogen and oxygen atoms in total. The van der Waals surface area contributed by atoms with Crippen LogP contribution in [-0.4, -0.2) is 23.1 Å². The van der Waals surface area contributed by atoms with Crippen LogP contribution in [0.15, 0.2) is 12.4 Å². The Morgan fingerprint density at radius 3 is 2.47 bits per heavy atom. The molecule has 1 aromatic heterocycles. The average Bonchev–Trinajstić information content (AvgIpc) is 2.24. The van der Waals surface area contributed by atoms with Gasteiger partial charge in [-0.1, -0.05) is 20.8 Å². The van der Waals surface area contributed by atoms with Crippen LogP contribution in [-0.2, 0) is 0 Å². The predicted molar refractivity (Wildman–Crippen MR) is 64.1 cm³/mol. The van der Waals surface area contributed by atoms with Gasteiger partial charge in [-0.3, -0.25) is 0 Å². The molecule has 0 bridgehead atoms. The minimum Gasteiger partial charge on any atom is -0.370 e. The molecule has 0 amide bonds. The Labute approximate surface area is 91.5 Å². The van der Waals surface area contributed by atoms with Crippen LogP contribution in [0.1, 0.15) is 27.2 Å². The third kappa shape index (κ3) is 4.63. The smallest absolute Gasteiger partial charge is 0.131 e. The van der Waals surface area contributed by atoms with Gasteiger partial charge >= 0.3 is 0 Å². The molecule has 1 heterocycles. The molecule has 0 saturated carbocycles. The SMILES string of the molecule is CCCNc1cc(NCC(C)C)ncn1. The van der Waals surface area contributed by atoms with E-state index < -0.39 is 0 Å². The van der Waals surface area contributed by atoms with Crippen molar-refractivity contribution < 1.29 is 0 Å². The molecule has 0 unspecified atom stereocenters. The first-order valence-electron chi connectivity index (χ1n) is 5.52. The van der Waals surface area contributed by atoms with Crippen LogP contribution in [0.5, 0.6) is 0 Å². The van der Waals surface area contributed by atoms with Crippen LogP contribution in [0.2, 0.25) is 0 Å². The van der Waals surface area contributed by atoms with Crippen molar-refractivity contribution in [1.29, 1.82) is 0 Å². The highest BCUT2D eigenvalue weighted by atomic mass is 15.1. The molecular weight excluding hydrogens is 188 g/mol. The molecule has 0 aromatic carbocycles. The lowest BCUT2D eigenvalue weighted by Crippen LogP contribution is -2.10. The molecule has 4 heteroatoms. The fraction of sp³-hybridized carbons (Fsp3) is 0.636. The molecule has 0 atom stereocenters. The normalized spacial score (nSPS) is 10.4. The molecule has 1 rings (SSSR count). The van der Waals surface area contributed by atoms with E-state index in [1.807, 2.05) is 6.07 Å². The second-order valence-electron chi connectivity index (χ2n) is 3.99. The van der Waals surface area contributed by atoms with Gasteiger partial charge in [0.25, 0.3) is 0 Å². The Kier molecular flexibility index (Phi) is 4.87. The van der Waals surface area contributed by atoms with Crippen molar-refractivity contribution in [2.75, 3.05) is 23.7 Å². The molecule has 0 saturated heterocycles. The van der Waals surface area contributed by atoms with E-state index in [2.05, 4.69) is 41.4 Å². The molecular formula is C11H20N4. The predicted octanol–water partition coefficient (Wildman–Crippen LogP) is 2.37. The van der Waals surface area contributed by atoms with Gasteiger partial charge in [-0.15, -0.1) is 0 Å². The van der Waals surface area contributed by atoms with Crippen molar-refractivity contribution in [3.8, 4) is 0 Å². The number of rotatable bonds is 6. The summed E-state index contributed by atoms with van der Waals surface area (Å²) < 4.78 is 0. The number of nitrogens with one attached hydrogen (secondary N) is 2. The minimum absolute atomic E-state index is 0.618. The van der Waals surface area contributed by atoms with Gasteiger partial charge in [0, 0.05) is 19.2 Å². The lowest BCUT2D eigenvalue weighted by atomic mass is 10.2. The maximum absolute atomic E-state index is 4.16. The molecule has 1 aromatic rings. The molecule has 0 aliphatic rings. The summed E-state index contributed by atoms with van der Waals surface area (Å²) in [5.74, 6) is 2.39. The van der Waals surface area contributed by atoms with Crippen molar-refractivity contribution in [2.24, 2.45) is 5.92 Å². The van der Waals surface area contributed by atoms with E-state index in [4.69, 9.17) is 0 Å². The lowest BCUT2D eigenvalue weighted by molar-refractivity contribution is 0.687. The van der Waals surface area contributed by atoms with E-state index in [1.54, 1.807) is 6.33 Å². The van der Waals surface area contributed by atoms with E-state index >= 15 is 0 Å². The highest BCUT2D eigenvalue weighted by Gasteiger charge is 1.98. The molecule has 0 radical (unpaired) electrons. The van der Waals surface area contributed by atoms with Gasteiger partial charge in [0.05, 0.1) is 0 Å². The first kappa shape index (κ1) is 11.8. The number of anilines is 2. The third-order valence-electron chi connectivity index (χ3n) is 1.91. The summed E-state index contributed by atoms with van der Waals surface area (Å²) in [6.07, 6.45) is 2.68. The van der Waals surface area contributed by atoms with E-state index in [0.29, 0.717) is 5.92 Å². The molecule has 0 aliphatic carbocycles. The highest BCUT2D eigenvalue weighted by Crippen LogP contribution is 2.08. The number of hydrogen-bond acceptors (Lipinski definition) is 4. The monoisotopic (exact) mass is 208 g/mol. The minimum atomic E-state index is 0.618. The maximum Gasteiger partial charge on any atom is 0.131 e. The van der Waals surface area contributed by atoms with Crippen LogP contribution >= 0.6 is 0 Å². The Morgan fingerprint density at radius 1 is 1.20 bits per heavy atom. The van der Waals surface area contributed by atoms with E-state index in [-0.39, 0.29) is 0 Å². The van der Waals surface area contributed by atoms with Crippen molar-refractivity contribution in [3.05, 3.63) is 12.4 Å². The van der Waals surface area contributed by atoms with Crippen LogP contribution < -0.4 is 10.6 Å². The molecule has 15 heavy (non-hydrogen) atoms. The Morgan fingerprint density at radius 2 is 1.87 bits per heavy atom. The summed E-state index contributed by atoms with van der Waals surface area (Å²) in [5.41, 5.74) is 0. The van der Waals surface area contributed by atoms with Gasteiger partial charge in [0.1, 0.15) is 18.0 Å². The summed E-state index contributed by atoms with van der Waals surface area (Å²) in [6, 6.07) is 1.94. The fourth-order valence-corrected chi connectivity index (χ4v) is 1.11.